The second-order valence-corrected chi connectivity index (χ2v) is 3.71. The summed E-state index contributed by atoms with van der Waals surface area (Å²) in [6.07, 6.45) is 2.22. The van der Waals surface area contributed by atoms with E-state index in [4.69, 9.17) is 4.74 Å². The van der Waals surface area contributed by atoms with Crippen LogP contribution in [0, 0.1) is 0 Å². The lowest BCUT2D eigenvalue weighted by atomic mass is 10.2. The smallest absolute Gasteiger partial charge is 0.251 e. The molecule has 0 atom stereocenters. The first-order valence-electron chi connectivity index (χ1n) is 5.33. The molecule has 1 aromatic carbocycles. The van der Waals surface area contributed by atoms with Crippen LogP contribution in [0.25, 0.3) is 0 Å². The maximum Gasteiger partial charge on any atom is 0.251 e. The van der Waals surface area contributed by atoms with Gasteiger partial charge in [-0.1, -0.05) is 6.07 Å². The Balaban J connectivity index is 2.05. The van der Waals surface area contributed by atoms with Crippen molar-refractivity contribution in [1.82, 2.24) is 5.32 Å². The quantitative estimate of drug-likeness (QED) is 0.816. The Hall–Kier alpha value is -1.51. The molecule has 1 aromatic rings. The minimum Gasteiger partial charge on any atom is -0.494 e. The fraction of sp³-hybridized carbons (Fsp3) is 0.417. The van der Waals surface area contributed by atoms with Crippen molar-refractivity contribution in [2.75, 3.05) is 6.61 Å². The van der Waals surface area contributed by atoms with Gasteiger partial charge in [-0.15, -0.1) is 0 Å². The summed E-state index contributed by atoms with van der Waals surface area (Å²) in [5.74, 6) is 0.750. The highest BCUT2D eigenvalue weighted by Gasteiger charge is 2.23. The molecule has 0 bridgehead atoms. The molecule has 1 saturated carbocycles. The lowest BCUT2D eigenvalue weighted by Crippen LogP contribution is -2.25. The normalized spacial score (nSPS) is 14.7. The van der Waals surface area contributed by atoms with Gasteiger partial charge in [0.15, 0.2) is 0 Å². The van der Waals surface area contributed by atoms with Crippen LogP contribution in [0.15, 0.2) is 24.3 Å². The average molecular weight is 205 g/mol. The third kappa shape index (κ3) is 2.72. The molecule has 0 heterocycles. The van der Waals surface area contributed by atoms with E-state index in [-0.39, 0.29) is 5.91 Å². The van der Waals surface area contributed by atoms with Crippen LogP contribution in [0.2, 0.25) is 0 Å². The number of ether oxygens (including phenoxy) is 1. The SMILES string of the molecule is CCOc1cccc(C(=O)NC2CC2)c1. The third-order valence-electron chi connectivity index (χ3n) is 2.32. The fourth-order valence-corrected chi connectivity index (χ4v) is 1.39. The largest absolute Gasteiger partial charge is 0.494 e. The molecule has 3 nitrogen and oxygen atoms in total. The predicted molar refractivity (Wildman–Crippen MR) is 58.1 cm³/mol. The molecule has 0 aliphatic heterocycles. The molecule has 0 saturated heterocycles. The summed E-state index contributed by atoms with van der Waals surface area (Å²) in [5, 5.41) is 2.94. The molecule has 0 aromatic heterocycles. The predicted octanol–water partition coefficient (Wildman–Crippen LogP) is 1.98. The number of hydrogen-bond acceptors (Lipinski definition) is 2. The molecule has 15 heavy (non-hydrogen) atoms. The van der Waals surface area contributed by atoms with Gasteiger partial charge >= 0.3 is 0 Å². The Morgan fingerprint density at radius 1 is 1.53 bits per heavy atom. The van der Waals surface area contributed by atoms with Gasteiger partial charge in [0.25, 0.3) is 5.91 Å². The Morgan fingerprint density at radius 3 is 3.00 bits per heavy atom. The topological polar surface area (TPSA) is 38.3 Å². The molecule has 0 radical (unpaired) electrons. The molecule has 1 amide bonds. The summed E-state index contributed by atoms with van der Waals surface area (Å²) < 4.78 is 5.34. The Bertz CT molecular complexity index is 358. The van der Waals surface area contributed by atoms with Gasteiger partial charge in [-0.3, -0.25) is 4.79 Å². The summed E-state index contributed by atoms with van der Waals surface area (Å²) in [6, 6.07) is 7.68. The van der Waals surface area contributed by atoms with E-state index in [1.54, 1.807) is 12.1 Å². The van der Waals surface area contributed by atoms with E-state index in [2.05, 4.69) is 5.32 Å². The van der Waals surface area contributed by atoms with Crippen molar-refractivity contribution >= 4 is 5.91 Å². The van der Waals surface area contributed by atoms with E-state index in [0.717, 1.165) is 18.6 Å². The summed E-state index contributed by atoms with van der Waals surface area (Å²) in [4.78, 5) is 11.7. The maximum absolute atomic E-state index is 11.7. The van der Waals surface area contributed by atoms with Gasteiger partial charge in [0.1, 0.15) is 5.75 Å². The van der Waals surface area contributed by atoms with Crippen LogP contribution in [-0.2, 0) is 0 Å². The Labute approximate surface area is 89.4 Å². The number of carbonyl (C=O) groups is 1. The number of nitrogens with one attached hydrogen (secondary N) is 1. The van der Waals surface area contributed by atoms with Gasteiger partial charge in [-0.25, -0.2) is 0 Å². The zero-order valence-corrected chi connectivity index (χ0v) is 8.82. The second-order valence-electron chi connectivity index (χ2n) is 3.71. The first-order valence-corrected chi connectivity index (χ1v) is 5.33. The van der Waals surface area contributed by atoms with E-state index in [9.17, 15) is 4.79 Å². The van der Waals surface area contributed by atoms with Gasteiger partial charge in [0.2, 0.25) is 0 Å². The number of hydrogen-bond donors (Lipinski definition) is 1. The molecule has 0 spiro atoms. The highest BCUT2D eigenvalue weighted by atomic mass is 16.5. The van der Waals surface area contributed by atoms with E-state index < -0.39 is 0 Å². The van der Waals surface area contributed by atoms with E-state index in [0.29, 0.717) is 18.2 Å². The van der Waals surface area contributed by atoms with Crippen LogP contribution < -0.4 is 10.1 Å². The van der Waals surface area contributed by atoms with E-state index in [1.165, 1.54) is 0 Å². The molecule has 3 heteroatoms. The van der Waals surface area contributed by atoms with Crippen molar-refractivity contribution in [2.45, 2.75) is 25.8 Å². The van der Waals surface area contributed by atoms with Crippen molar-refractivity contribution in [1.29, 1.82) is 0 Å². The van der Waals surface area contributed by atoms with Gasteiger partial charge in [-0.05, 0) is 38.0 Å². The summed E-state index contributed by atoms with van der Waals surface area (Å²) >= 11 is 0. The van der Waals surface area contributed by atoms with E-state index in [1.807, 2.05) is 19.1 Å². The molecule has 1 N–H and O–H groups in total. The first kappa shape index (κ1) is 10.0. The van der Waals surface area contributed by atoms with Crippen LogP contribution in [-0.4, -0.2) is 18.6 Å². The van der Waals surface area contributed by atoms with Crippen LogP contribution in [0.3, 0.4) is 0 Å². The van der Waals surface area contributed by atoms with E-state index >= 15 is 0 Å². The summed E-state index contributed by atoms with van der Waals surface area (Å²) in [5.41, 5.74) is 0.674. The summed E-state index contributed by atoms with van der Waals surface area (Å²) in [7, 11) is 0. The second kappa shape index (κ2) is 4.34. The standard InChI is InChI=1S/C12H15NO2/c1-2-15-11-5-3-4-9(8-11)12(14)13-10-6-7-10/h3-5,8,10H,2,6-7H2,1H3,(H,13,14). The molecule has 1 fully saturated rings. The summed E-state index contributed by atoms with van der Waals surface area (Å²) in [6.45, 7) is 2.55. The third-order valence-corrected chi connectivity index (χ3v) is 2.32. The number of rotatable bonds is 4. The van der Waals surface area contributed by atoms with Gasteiger partial charge < -0.3 is 10.1 Å². The lowest BCUT2D eigenvalue weighted by molar-refractivity contribution is 0.0950. The molecular weight excluding hydrogens is 190 g/mol. The molecular formula is C12H15NO2. The monoisotopic (exact) mass is 205 g/mol. The molecule has 2 rings (SSSR count). The average Bonchev–Trinajstić information content (AvgIpc) is 3.03. The number of amides is 1. The minimum absolute atomic E-state index is 0.000877. The molecule has 80 valence electrons. The zero-order chi connectivity index (χ0) is 10.7. The van der Waals surface area contributed by atoms with Crippen LogP contribution in [0.5, 0.6) is 5.75 Å². The Kier molecular flexibility index (Phi) is 2.90. The maximum atomic E-state index is 11.7. The first-order chi connectivity index (χ1) is 7.29. The van der Waals surface area contributed by atoms with Crippen LogP contribution >= 0.6 is 0 Å². The van der Waals surface area contributed by atoms with Crippen molar-refractivity contribution < 1.29 is 9.53 Å². The van der Waals surface area contributed by atoms with Crippen LogP contribution in [0.4, 0.5) is 0 Å². The van der Waals surface area contributed by atoms with Crippen molar-refractivity contribution in [3.8, 4) is 5.75 Å². The highest BCUT2D eigenvalue weighted by molar-refractivity contribution is 5.94. The van der Waals surface area contributed by atoms with Gasteiger partial charge in [-0.2, -0.15) is 0 Å². The van der Waals surface area contributed by atoms with Gasteiger partial charge in [0.05, 0.1) is 6.61 Å². The molecule has 1 aliphatic carbocycles. The fourth-order valence-electron chi connectivity index (χ4n) is 1.39. The zero-order valence-electron chi connectivity index (χ0n) is 8.82. The van der Waals surface area contributed by atoms with Gasteiger partial charge in [0, 0.05) is 11.6 Å². The molecule has 1 aliphatic rings. The number of carbonyl (C=O) groups excluding carboxylic acids is 1. The number of benzene rings is 1. The molecule has 0 unspecified atom stereocenters. The highest BCUT2D eigenvalue weighted by Crippen LogP contribution is 2.20. The van der Waals surface area contributed by atoms with Crippen LogP contribution in [0.1, 0.15) is 30.1 Å². The lowest BCUT2D eigenvalue weighted by Gasteiger charge is -2.06. The van der Waals surface area contributed by atoms with Crippen molar-refractivity contribution in [3.63, 3.8) is 0 Å². The van der Waals surface area contributed by atoms with Crippen molar-refractivity contribution in [2.24, 2.45) is 0 Å². The minimum atomic E-state index is -0.000877. The Morgan fingerprint density at radius 2 is 2.33 bits per heavy atom. The van der Waals surface area contributed by atoms with Crippen molar-refractivity contribution in [3.05, 3.63) is 29.8 Å².